The van der Waals surface area contributed by atoms with Crippen molar-refractivity contribution in [1.29, 1.82) is 0 Å². The van der Waals surface area contributed by atoms with Crippen LogP contribution in [0.2, 0.25) is 0 Å². The number of aromatic nitrogens is 2. The SMILES string of the molecule is Cc1ccc(F)c(C(=O)Nc2cc(C)[nH]n2)c1. The summed E-state index contributed by atoms with van der Waals surface area (Å²) in [6.07, 6.45) is 0. The van der Waals surface area contributed by atoms with E-state index in [1.54, 1.807) is 19.1 Å². The van der Waals surface area contributed by atoms with Gasteiger partial charge in [-0.2, -0.15) is 5.10 Å². The fraction of sp³-hybridized carbons (Fsp3) is 0.167. The lowest BCUT2D eigenvalue weighted by molar-refractivity contribution is 0.102. The number of halogens is 1. The molecule has 0 saturated carbocycles. The topological polar surface area (TPSA) is 57.8 Å². The molecule has 2 rings (SSSR count). The van der Waals surface area contributed by atoms with E-state index in [2.05, 4.69) is 15.5 Å². The van der Waals surface area contributed by atoms with Crippen molar-refractivity contribution < 1.29 is 9.18 Å². The summed E-state index contributed by atoms with van der Waals surface area (Å²) in [4.78, 5) is 11.8. The summed E-state index contributed by atoms with van der Waals surface area (Å²) in [5.74, 6) is -0.661. The van der Waals surface area contributed by atoms with Gasteiger partial charge in [0.1, 0.15) is 5.82 Å². The summed E-state index contributed by atoms with van der Waals surface area (Å²) < 4.78 is 13.4. The molecule has 0 unspecified atom stereocenters. The van der Waals surface area contributed by atoms with Gasteiger partial charge in [-0.25, -0.2) is 4.39 Å². The predicted molar refractivity (Wildman–Crippen MR) is 62.4 cm³/mol. The van der Waals surface area contributed by atoms with Crippen LogP contribution in [0, 0.1) is 19.7 Å². The van der Waals surface area contributed by atoms with Gasteiger partial charge in [-0.1, -0.05) is 11.6 Å². The van der Waals surface area contributed by atoms with Gasteiger partial charge in [0.2, 0.25) is 0 Å². The van der Waals surface area contributed by atoms with Crippen LogP contribution in [0.15, 0.2) is 24.3 Å². The van der Waals surface area contributed by atoms with E-state index in [1.165, 1.54) is 12.1 Å². The number of rotatable bonds is 2. The van der Waals surface area contributed by atoms with Gasteiger partial charge in [-0.3, -0.25) is 9.89 Å². The molecule has 2 aromatic rings. The normalized spacial score (nSPS) is 10.3. The van der Waals surface area contributed by atoms with Crippen LogP contribution in [0.1, 0.15) is 21.6 Å². The second-order valence-corrected chi connectivity index (χ2v) is 3.87. The molecule has 1 amide bonds. The molecule has 0 aliphatic carbocycles. The number of amides is 1. The Morgan fingerprint density at radius 1 is 1.35 bits per heavy atom. The third-order valence-corrected chi connectivity index (χ3v) is 2.31. The highest BCUT2D eigenvalue weighted by molar-refractivity contribution is 6.04. The molecular weight excluding hydrogens is 221 g/mol. The Hall–Kier alpha value is -2.17. The number of nitrogens with zero attached hydrogens (tertiary/aromatic N) is 1. The number of anilines is 1. The van der Waals surface area contributed by atoms with Crippen LogP contribution in [0.4, 0.5) is 10.2 Å². The highest BCUT2D eigenvalue weighted by Crippen LogP contribution is 2.12. The van der Waals surface area contributed by atoms with Gasteiger partial charge in [-0.15, -0.1) is 0 Å². The molecule has 17 heavy (non-hydrogen) atoms. The first kappa shape index (κ1) is 11.3. The molecule has 0 fully saturated rings. The number of aromatic amines is 1. The maximum Gasteiger partial charge on any atom is 0.259 e. The predicted octanol–water partition coefficient (Wildman–Crippen LogP) is 2.42. The molecule has 0 aliphatic heterocycles. The monoisotopic (exact) mass is 233 g/mol. The van der Waals surface area contributed by atoms with Crippen LogP contribution in [0.25, 0.3) is 0 Å². The molecule has 88 valence electrons. The number of benzene rings is 1. The minimum Gasteiger partial charge on any atom is -0.305 e. The van der Waals surface area contributed by atoms with E-state index in [0.717, 1.165) is 11.3 Å². The summed E-state index contributed by atoms with van der Waals surface area (Å²) in [7, 11) is 0. The number of aryl methyl sites for hydroxylation is 2. The van der Waals surface area contributed by atoms with Crippen LogP contribution in [-0.4, -0.2) is 16.1 Å². The van der Waals surface area contributed by atoms with Crippen molar-refractivity contribution in [2.45, 2.75) is 13.8 Å². The second kappa shape index (κ2) is 4.37. The molecule has 0 bridgehead atoms. The summed E-state index contributed by atoms with van der Waals surface area (Å²) in [6, 6.07) is 6.07. The van der Waals surface area contributed by atoms with Crippen molar-refractivity contribution >= 4 is 11.7 Å². The first-order valence-electron chi connectivity index (χ1n) is 5.16. The second-order valence-electron chi connectivity index (χ2n) is 3.87. The highest BCUT2D eigenvalue weighted by Gasteiger charge is 2.12. The lowest BCUT2D eigenvalue weighted by atomic mass is 10.1. The van der Waals surface area contributed by atoms with Crippen LogP contribution < -0.4 is 5.32 Å². The van der Waals surface area contributed by atoms with E-state index in [1.807, 2.05) is 6.92 Å². The Kier molecular flexibility index (Phi) is 2.91. The third-order valence-electron chi connectivity index (χ3n) is 2.31. The van der Waals surface area contributed by atoms with E-state index < -0.39 is 11.7 Å². The average molecular weight is 233 g/mol. The molecule has 2 N–H and O–H groups in total. The molecule has 1 aromatic heterocycles. The zero-order chi connectivity index (χ0) is 12.4. The van der Waals surface area contributed by atoms with Crippen molar-refractivity contribution in [3.8, 4) is 0 Å². The average Bonchev–Trinajstić information content (AvgIpc) is 2.67. The van der Waals surface area contributed by atoms with Crippen molar-refractivity contribution in [3.63, 3.8) is 0 Å². The van der Waals surface area contributed by atoms with Gasteiger partial charge >= 0.3 is 0 Å². The lowest BCUT2D eigenvalue weighted by Crippen LogP contribution is -2.14. The number of carbonyl (C=O) groups excluding carboxylic acids is 1. The molecule has 1 aromatic carbocycles. The van der Waals surface area contributed by atoms with Gasteiger partial charge in [-0.05, 0) is 26.0 Å². The molecule has 4 nitrogen and oxygen atoms in total. The minimum atomic E-state index is -0.541. The molecular formula is C12H12FN3O. The third kappa shape index (κ3) is 2.50. The van der Waals surface area contributed by atoms with E-state index >= 15 is 0 Å². The van der Waals surface area contributed by atoms with E-state index in [9.17, 15) is 9.18 Å². The maximum atomic E-state index is 13.4. The fourth-order valence-corrected chi connectivity index (χ4v) is 1.48. The Labute approximate surface area is 97.9 Å². The van der Waals surface area contributed by atoms with Crippen LogP contribution in [-0.2, 0) is 0 Å². The molecule has 0 aliphatic rings. The van der Waals surface area contributed by atoms with Crippen molar-refractivity contribution in [1.82, 2.24) is 10.2 Å². The quantitative estimate of drug-likeness (QED) is 0.836. The number of hydrogen-bond donors (Lipinski definition) is 2. The van der Waals surface area contributed by atoms with Crippen molar-refractivity contribution in [2.24, 2.45) is 0 Å². The highest BCUT2D eigenvalue weighted by atomic mass is 19.1. The zero-order valence-electron chi connectivity index (χ0n) is 9.54. The summed E-state index contributed by atoms with van der Waals surface area (Å²) in [5.41, 5.74) is 1.67. The van der Waals surface area contributed by atoms with Crippen molar-refractivity contribution in [2.75, 3.05) is 5.32 Å². The number of hydrogen-bond acceptors (Lipinski definition) is 2. The van der Waals surface area contributed by atoms with Crippen LogP contribution >= 0.6 is 0 Å². The van der Waals surface area contributed by atoms with Crippen LogP contribution in [0.5, 0.6) is 0 Å². The summed E-state index contributed by atoms with van der Waals surface area (Å²) in [5, 5.41) is 9.07. The minimum absolute atomic E-state index is 0.0191. The van der Waals surface area contributed by atoms with Gasteiger partial charge < -0.3 is 5.32 Å². The number of carbonyl (C=O) groups is 1. The van der Waals surface area contributed by atoms with E-state index in [-0.39, 0.29) is 5.56 Å². The molecule has 0 saturated heterocycles. The first-order chi connectivity index (χ1) is 8.06. The Morgan fingerprint density at radius 2 is 2.12 bits per heavy atom. The smallest absolute Gasteiger partial charge is 0.259 e. The zero-order valence-corrected chi connectivity index (χ0v) is 9.54. The Balaban J connectivity index is 2.22. The summed E-state index contributed by atoms with van der Waals surface area (Å²) in [6.45, 7) is 3.62. The molecule has 0 atom stereocenters. The van der Waals surface area contributed by atoms with E-state index in [4.69, 9.17) is 0 Å². The lowest BCUT2D eigenvalue weighted by Gasteiger charge is -2.04. The van der Waals surface area contributed by atoms with Crippen LogP contribution in [0.3, 0.4) is 0 Å². The standard InChI is InChI=1S/C12H12FN3O/c1-7-3-4-10(13)9(5-7)12(17)14-11-6-8(2)15-16-11/h3-6H,1-2H3,(H2,14,15,16,17). The largest absolute Gasteiger partial charge is 0.305 e. The molecule has 0 radical (unpaired) electrons. The maximum absolute atomic E-state index is 13.4. The van der Waals surface area contributed by atoms with Gasteiger partial charge in [0.15, 0.2) is 5.82 Å². The number of nitrogens with one attached hydrogen (secondary N) is 2. The Bertz CT molecular complexity index is 563. The molecule has 5 heteroatoms. The first-order valence-corrected chi connectivity index (χ1v) is 5.16. The Morgan fingerprint density at radius 3 is 2.76 bits per heavy atom. The number of H-pyrrole nitrogens is 1. The van der Waals surface area contributed by atoms with Crippen molar-refractivity contribution in [3.05, 3.63) is 46.9 Å². The van der Waals surface area contributed by atoms with E-state index in [0.29, 0.717) is 5.82 Å². The van der Waals surface area contributed by atoms with Gasteiger partial charge in [0, 0.05) is 11.8 Å². The molecule has 1 heterocycles. The summed E-state index contributed by atoms with van der Waals surface area (Å²) >= 11 is 0. The fourth-order valence-electron chi connectivity index (χ4n) is 1.48. The van der Waals surface area contributed by atoms with Gasteiger partial charge in [0.25, 0.3) is 5.91 Å². The molecule has 0 spiro atoms. The van der Waals surface area contributed by atoms with Gasteiger partial charge in [0.05, 0.1) is 5.56 Å².